The molecular formula is C18H14ClFN4O2. The lowest BCUT2D eigenvalue weighted by molar-refractivity contribution is 0.311. The van der Waals surface area contributed by atoms with Gasteiger partial charge in [0, 0.05) is 23.9 Å². The maximum absolute atomic E-state index is 13.1. The van der Waals surface area contributed by atoms with Crippen LogP contribution in [0.1, 0.15) is 5.56 Å². The third-order valence-corrected chi connectivity index (χ3v) is 4.25. The van der Waals surface area contributed by atoms with Gasteiger partial charge in [-0.2, -0.15) is 0 Å². The van der Waals surface area contributed by atoms with Gasteiger partial charge in [-0.3, -0.25) is 4.98 Å². The molecule has 26 heavy (non-hydrogen) atoms. The van der Waals surface area contributed by atoms with Crippen molar-refractivity contribution < 1.29 is 14.2 Å². The van der Waals surface area contributed by atoms with Crippen LogP contribution < -0.4 is 9.64 Å². The molecule has 1 aromatic carbocycles. The molecule has 0 atom stereocenters. The molecule has 1 N–H and O–H groups in total. The fraction of sp³-hybridized carbons (Fsp3) is 0.167. The number of hydrogen-bond donors (Lipinski definition) is 1. The summed E-state index contributed by atoms with van der Waals surface area (Å²) in [7, 11) is 0. The minimum Gasteiger partial charge on any atom is -0.504 e. The van der Waals surface area contributed by atoms with Crippen LogP contribution in [0.25, 0.3) is 11.3 Å². The van der Waals surface area contributed by atoms with Crippen molar-refractivity contribution in [2.24, 2.45) is 0 Å². The molecule has 1 aliphatic rings. The average molecular weight is 373 g/mol. The molecule has 6 nitrogen and oxygen atoms in total. The molecule has 3 heterocycles. The lowest BCUT2D eigenvalue weighted by atomic mass is 10.0. The highest BCUT2D eigenvalue weighted by atomic mass is 35.5. The van der Waals surface area contributed by atoms with Crippen LogP contribution in [0.5, 0.6) is 11.5 Å². The maximum Gasteiger partial charge on any atom is 0.225 e. The van der Waals surface area contributed by atoms with E-state index in [0.29, 0.717) is 42.1 Å². The number of phenols is 1. The first-order valence-electron chi connectivity index (χ1n) is 7.93. The number of aromatic nitrogens is 3. The molecule has 132 valence electrons. The normalized spacial score (nSPS) is 13.7. The number of pyridine rings is 1. The van der Waals surface area contributed by atoms with Crippen molar-refractivity contribution in [3.63, 3.8) is 0 Å². The smallest absolute Gasteiger partial charge is 0.225 e. The quantitative estimate of drug-likeness (QED) is 0.743. The Morgan fingerprint density at radius 3 is 2.65 bits per heavy atom. The van der Waals surface area contributed by atoms with E-state index in [1.165, 1.54) is 0 Å². The molecule has 0 saturated carbocycles. The lowest BCUT2D eigenvalue weighted by Gasteiger charge is -2.19. The van der Waals surface area contributed by atoms with Gasteiger partial charge in [0.15, 0.2) is 17.3 Å². The summed E-state index contributed by atoms with van der Waals surface area (Å²) in [6.07, 6.45) is 3.80. The van der Waals surface area contributed by atoms with E-state index in [4.69, 9.17) is 16.3 Å². The highest BCUT2D eigenvalue weighted by molar-refractivity contribution is 6.30. The summed E-state index contributed by atoms with van der Waals surface area (Å²) in [6, 6.07) is 7.02. The molecule has 1 aliphatic heterocycles. The number of ether oxygens (including phenoxy) is 1. The van der Waals surface area contributed by atoms with Gasteiger partial charge < -0.3 is 14.7 Å². The van der Waals surface area contributed by atoms with Gasteiger partial charge in [-0.1, -0.05) is 11.6 Å². The predicted molar refractivity (Wildman–Crippen MR) is 94.9 cm³/mol. The number of rotatable bonds is 2. The van der Waals surface area contributed by atoms with Crippen molar-refractivity contribution in [3.05, 3.63) is 59.3 Å². The van der Waals surface area contributed by atoms with E-state index in [-0.39, 0.29) is 5.75 Å². The monoisotopic (exact) mass is 372 g/mol. The fourth-order valence-corrected chi connectivity index (χ4v) is 2.94. The number of aromatic hydroxyl groups is 1. The summed E-state index contributed by atoms with van der Waals surface area (Å²) in [4.78, 5) is 14.2. The van der Waals surface area contributed by atoms with Crippen molar-refractivity contribution in [3.8, 4) is 22.8 Å². The number of hydrogen-bond acceptors (Lipinski definition) is 6. The molecule has 0 aliphatic carbocycles. The highest BCUT2D eigenvalue weighted by Gasteiger charge is 2.21. The minimum atomic E-state index is -0.492. The molecule has 2 aromatic heterocycles. The van der Waals surface area contributed by atoms with Crippen molar-refractivity contribution in [1.29, 1.82) is 0 Å². The third-order valence-electron chi connectivity index (χ3n) is 4.03. The first-order chi connectivity index (χ1) is 12.6. The summed E-state index contributed by atoms with van der Waals surface area (Å²) >= 11 is 5.89. The summed E-state index contributed by atoms with van der Waals surface area (Å²) in [6.45, 7) is 1.27. The highest BCUT2D eigenvalue weighted by Crippen LogP contribution is 2.37. The van der Waals surface area contributed by atoms with E-state index in [0.717, 1.165) is 23.5 Å². The predicted octanol–water partition coefficient (Wildman–Crippen LogP) is 3.44. The Kier molecular flexibility index (Phi) is 4.30. The largest absolute Gasteiger partial charge is 0.504 e. The number of nitrogens with zero attached hydrogens (tertiary/aromatic N) is 4. The summed E-state index contributed by atoms with van der Waals surface area (Å²) in [5, 5.41) is 10.9. The van der Waals surface area contributed by atoms with Crippen molar-refractivity contribution >= 4 is 17.5 Å². The molecule has 3 aromatic rings. The molecule has 0 unspecified atom stereocenters. The van der Waals surface area contributed by atoms with E-state index in [1.54, 1.807) is 24.4 Å². The van der Waals surface area contributed by atoms with Crippen LogP contribution in [0.2, 0.25) is 5.02 Å². The van der Waals surface area contributed by atoms with Crippen LogP contribution in [-0.4, -0.2) is 33.2 Å². The van der Waals surface area contributed by atoms with Gasteiger partial charge in [0.05, 0.1) is 29.7 Å². The van der Waals surface area contributed by atoms with Gasteiger partial charge in [-0.15, -0.1) is 0 Å². The summed E-state index contributed by atoms with van der Waals surface area (Å²) in [5.74, 6) is 0.370. The van der Waals surface area contributed by atoms with Crippen LogP contribution in [0, 0.1) is 5.82 Å². The first-order valence-corrected chi connectivity index (χ1v) is 8.31. The van der Waals surface area contributed by atoms with Crippen molar-refractivity contribution in [2.75, 3.05) is 18.1 Å². The lowest BCUT2D eigenvalue weighted by Crippen LogP contribution is -2.27. The summed E-state index contributed by atoms with van der Waals surface area (Å²) < 4.78 is 18.8. The van der Waals surface area contributed by atoms with Gasteiger partial charge in [-0.25, -0.2) is 14.4 Å². The molecule has 0 radical (unpaired) electrons. The number of benzene rings is 1. The van der Waals surface area contributed by atoms with Crippen LogP contribution in [0.4, 0.5) is 10.3 Å². The van der Waals surface area contributed by atoms with E-state index >= 15 is 0 Å². The van der Waals surface area contributed by atoms with E-state index in [2.05, 4.69) is 15.0 Å². The van der Waals surface area contributed by atoms with Gasteiger partial charge in [0.25, 0.3) is 0 Å². The Bertz CT molecular complexity index is 935. The molecule has 0 saturated heterocycles. The zero-order valence-electron chi connectivity index (χ0n) is 13.6. The molecule has 0 spiro atoms. The van der Waals surface area contributed by atoms with Crippen LogP contribution in [-0.2, 0) is 6.54 Å². The SMILES string of the molecule is Oc1cc(-c2ccc(Cl)cn2)cc2c1OCCN(c1ncc(F)cn1)C2. The van der Waals surface area contributed by atoms with Crippen LogP contribution >= 0.6 is 11.6 Å². The maximum atomic E-state index is 13.1. The van der Waals surface area contributed by atoms with E-state index in [1.807, 2.05) is 11.0 Å². The van der Waals surface area contributed by atoms with Gasteiger partial charge in [-0.05, 0) is 24.3 Å². The second-order valence-corrected chi connectivity index (χ2v) is 6.25. The second-order valence-electron chi connectivity index (χ2n) is 5.82. The minimum absolute atomic E-state index is 0.0381. The Hall–Kier alpha value is -2.93. The molecule has 0 fully saturated rings. The number of halogens is 2. The Morgan fingerprint density at radius 2 is 1.92 bits per heavy atom. The third kappa shape index (κ3) is 3.25. The van der Waals surface area contributed by atoms with Crippen molar-refractivity contribution in [2.45, 2.75) is 6.54 Å². The fourth-order valence-electron chi connectivity index (χ4n) is 2.83. The Morgan fingerprint density at radius 1 is 1.12 bits per heavy atom. The van der Waals surface area contributed by atoms with Gasteiger partial charge >= 0.3 is 0 Å². The van der Waals surface area contributed by atoms with Gasteiger partial charge in [0.2, 0.25) is 5.95 Å². The topological polar surface area (TPSA) is 71.4 Å². The second kappa shape index (κ2) is 6.76. The Labute approximate surface area is 153 Å². The van der Waals surface area contributed by atoms with E-state index < -0.39 is 5.82 Å². The molecule has 8 heteroatoms. The standard InChI is InChI=1S/C18H14ClFN4O2/c19-13-1-2-15(21-7-13)11-5-12-10-24(18-22-8-14(20)9-23-18)3-4-26-17(12)16(25)6-11/h1-2,5-9,25H,3-4,10H2. The van der Waals surface area contributed by atoms with E-state index in [9.17, 15) is 9.50 Å². The van der Waals surface area contributed by atoms with Crippen LogP contribution in [0.3, 0.4) is 0 Å². The zero-order valence-corrected chi connectivity index (χ0v) is 14.3. The van der Waals surface area contributed by atoms with Gasteiger partial charge in [0.1, 0.15) is 6.61 Å². The number of fused-ring (bicyclic) bond motifs is 1. The number of anilines is 1. The molecule has 0 bridgehead atoms. The molecule has 0 amide bonds. The first kappa shape index (κ1) is 16.5. The Balaban J connectivity index is 1.71. The summed E-state index contributed by atoms with van der Waals surface area (Å²) in [5.41, 5.74) is 2.19. The molecular weight excluding hydrogens is 359 g/mol. The van der Waals surface area contributed by atoms with Crippen LogP contribution in [0.15, 0.2) is 42.9 Å². The zero-order chi connectivity index (χ0) is 18.1. The number of phenolic OH excluding ortho intramolecular Hbond substituents is 1. The molecule has 4 rings (SSSR count). The average Bonchev–Trinajstić information content (AvgIpc) is 2.86. The van der Waals surface area contributed by atoms with Crippen molar-refractivity contribution in [1.82, 2.24) is 15.0 Å².